The number of benzene rings is 1. The Morgan fingerprint density at radius 1 is 1.06 bits per heavy atom. The Kier molecular flexibility index (Phi) is 2.55. The third-order valence-electron chi connectivity index (χ3n) is 4.83. The van der Waals surface area contributed by atoms with Crippen LogP contribution in [0.3, 0.4) is 0 Å². The summed E-state index contributed by atoms with van der Waals surface area (Å²) >= 11 is 0. The van der Waals surface area contributed by atoms with Crippen LogP contribution in [-0.2, 0) is 5.60 Å². The fourth-order valence-electron chi connectivity index (χ4n) is 3.66. The van der Waals surface area contributed by atoms with Crippen molar-refractivity contribution >= 4 is 0 Å². The molecule has 0 spiro atoms. The number of fused-ring (bicyclic) bond motifs is 1. The zero-order valence-corrected chi connectivity index (χ0v) is 10.8. The molecule has 1 aromatic rings. The van der Waals surface area contributed by atoms with E-state index in [0.717, 1.165) is 5.56 Å². The highest BCUT2D eigenvalue weighted by atomic mass is 16.3. The van der Waals surface area contributed by atoms with Gasteiger partial charge in [0, 0.05) is 0 Å². The molecule has 2 aliphatic rings. The second-order valence-corrected chi connectivity index (χ2v) is 6.10. The van der Waals surface area contributed by atoms with E-state index in [-0.39, 0.29) is 0 Å². The molecule has 3 rings (SSSR count). The normalized spacial score (nSPS) is 35.8. The Labute approximate surface area is 104 Å². The Bertz CT molecular complexity index is 392. The molecule has 1 nitrogen and oxygen atoms in total. The molecule has 0 radical (unpaired) electrons. The molecule has 2 atom stereocenters. The van der Waals surface area contributed by atoms with Crippen molar-refractivity contribution in [1.82, 2.24) is 0 Å². The summed E-state index contributed by atoms with van der Waals surface area (Å²) < 4.78 is 0. The van der Waals surface area contributed by atoms with E-state index in [1.165, 1.54) is 31.2 Å². The smallest absolute Gasteiger partial charge is 0.0960 e. The lowest BCUT2D eigenvalue weighted by Crippen LogP contribution is -2.10. The highest BCUT2D eigenvalue weighted by Crippen LogP contribution is 2.64. The summed E-state index contributed by atoms with van der Waals surface area (Å²) in [5.74, 6) is 1.66. The Morgan fingerprint density at radius 2 is 1.59 bits per heavy atom. The lowest BCUT2D eigenvalue weighted by molar-refractivity contribution is 0.118. The van der Waals surface area contributed by atoms with Crippen molar-refractivity contribution in [2.24, 2.45) is 11.8 Å². The molecule has 0 bridgehead atoms. The van der Waals surface area contributed by atoms with E-state index in [0.29, 0.717) is 17.8 Å². The number of hydrogen-bond donors (Lipinski definition) is 1. The largest absolute Gasteiger partial charge is 0.385 e. The average Bonchev–Trinajstić information content (AvgIpc) is 2.98. The lowest BCUT2D eigenvalue weighted by Gasteiger charge is -2.13. The minimum absolute atomic E-state index is 0.480. The van der Waals surface area contributed by atoms with Gasteiger partial charge in [-0.1, -0.05) is 51.0 Å². The second-order valence-electron chi connectivity index (χ2n) is 6.10. The maximum atomic E-state index is 10.8. The van der Waals surface area contributed by atoms with E-state index in [9.17, 15) is 5.11 Å². The molecule has 17 heavy (non-hydrogen) atoms. The van der Waals surface area contributed by atoms with Crippen LogP contribution in [0.2, 0.25) is 0 Å². The fraction of sp³-hybridized carbons (Fsp3) is 0.625. The molecule has 0 heterocycles. The van der Waals surface area contributed by atoms with Crippen molar-refractivity contribution in [2.75, 3.05) is 0 Å². The van der Waals surface area contributed by atoms with Crippen LogP contribution in [0, 0.1) is 11.8 Å². The van der Waals surface area contributed by atoms with E-state index in [4.69, 9.17) is 0 Å². The molecule has 2 unspecified atom stereocenters. The van der Waals surface area contributed by atoms with Gasteiger partial charge in [-0.05, 0) is 41.7 Å². The van der Waals surface area contributed by atoms with Crippen LogP contribution < -0.4 is 0 Å². The van der Waals surface area contributed by atoms with Gasteiger partial charge in [0.15, 0.2) is 0 Å². The molecule has 0 aliphatic heterocycles. The van der Waals surface area contributed by atoms with Gasteiger partial charge in [0.05, 0.1) is 5.60 Å². The molecule has 0 aromatic heterocycles. The fourth-order valence-corrected chi connectivity index (χ4v) is 3.66. The van der Waals surface area contributed by atoms with E-state index in [1.54, 1.807) is 0 Å². The maximum absolute atomic E-state index is 10.8. The molecule has 2 aliphatic carbocycles. The van der Waals surface area contributed by atoms with E-state index >= 15 is 0 Å². The summed E-state index contributed by atoms with van der Waals surface area (Å²) in [6.07, 6.45) is 5.03. The first-order chi connectivity index (χ1) is 8.14. The first-order valence-electron chi connectivity index (χ1n) is 6.97. The van der Waals surface area contributed by atoms with Gasteiger partial charge in [-0.2, -0.15) is 0 Å². The molecule has 0 saturated heterocycles. The van der Waals surface area contributed by atoms with Gasteiger partial charge in [0.2, 0.25) is 0 Å². The van der Waals surface area contributed by atoms with Gasteiger partial charge in [0.1, 0.15) is 0 Å². The summed E-state index contributed by atoms with van der Waals surface area (Å²) in [6.45, 7) is 4.42. The molecular weight excluding hydrogens is 208 g/mol. The molecular formula is C16H22O. The highest BCUT2D eigenvalue weighted by Gasteiger charge is 2.64. The Hall–Kier alpha value is -0.820. The highest BCUT2D eigenvalue weighted by molar-refractivity contribution is 5.35. The van der Waals surface area contributed by atoms with E-state index in [2.05, 4.69) is 38.1 Å². The average molecular weight is 230 g/mol. The van der Waals surface area contributed by atoms with Crippen LogP contribution in [0.1, 0.15) is 56.6 Å². The van der Waals surface area contributed by atoms with Crippen LogP contribution >= 0.6 is 0 Å². The summed E-state index contributed by atoms with van der Waals surface area (Å²) in [5.41, 5.74) is 2.03. The molecule has 0 amide bonds. The first kappa shape index (κ1) is 11.3. The summed E-state index contributed by atoms with van der Waals surface area (Å²) in [7, 11) is 0. The maximum Gasteiger partial charge on any atom is 0.0960 e. The third kappa shape index (κ3) is 1.63. The zero-order chi connectivity index (χ0) is 12.0. The minimum Gasteiger partial charge on any atom is -0.385 e. The first-order valence-corrected chi connectivity index (χ1v) is 6.97. The monoisotopic (exact) mass is 230 g/mol. The van der Waals surface area contributed by atoms with E-state index in [1.807, 2.05) is 0 Å². The zero-order valence-electron chi connectivity index (χ0n) is 10.8. The van der Waals surface area contributed by atoms with Crippen LogP contribution in [0.4, 0.5) is 0 Å². The lowest BCUT2D eigenvalue weighted by atomic mass is 9.97. The molecule has 92 valence electrons. The van der Waals surface area contributed by atoms with Gasteiger partial charge in [-0.15, -0.1) is 0 Å². The summed E-state index contributed by atoms with van der Waals surface area (Å²) in [4.78, 5) is 0. The Balaban J connectivity index is 1.85. The SMILES string of the molecule is CC(C)c1ccc(C2(O)C3CCCCC32)cc1. The topological polar surface area (TPSA) is 20.2 Å². The predicted molar refractivity (Wildman–Crippen MR) is 69.9 cm³/mol. The number of aliphatic hydroxyl groups is 1. The van der Waals surface area contributed by atoms with Crippen molar-refractivity contribution in [3.8, 4) is 0 Å². The summed E-state index contributed by atoms with van der Waals surface area (Å²) in [6, 6.07) is 8.66. The van der Waals surface area contributed by atoms with Crippen LogP contribution in [0.15, 0.2) is 24.3 Å². The van der Waals surface area contributed by atoms with Crippen LogP contribution in [0.25, 0.3) is 0 Å². The van der Waals surface area contributed by atoms with Gasteiger partial charge in [-0.3, -0.25) is 0 Å². The van der Waals surface area contributed by atoms with Crippen molar-refractivity contribution in [3.63, 3.8) is 0 Å². The van der Waals surface area contributed by atoms with Crippen LogP contribution in [0.5, 0.6) is 0 Å². The standard InChI is InChI=1S/C16H22O/c1-11(2)12-7-9-13(10-8-12)16(17)14-5-3-4-6-15(14)16/h7-11,14-15,17H,3-6H2,1-2H3. The number of rotatable bonds is 2. The van der Waals surface area contributed by atoms with Gasteiger partial charge < -0.3 is 5.11 Å². The molecule has 2 saturated carbocycles. The molecule has 2 fully saturated rings. The van der Waals surface area contributed by atoms with Crippen LogP contribution in [-0.4, -0.2) is 5.11 Å². The van der Waals surface area contributed by atoms with Crippen molar-refractivity contribution < 1.29 is 5.11 Å². The van der Waals surface area contributed by atoms with Gasteiger partial charge in [0.25, 0.3) is 0 Å². The molecule has 1 N–H and O–H groups in total. The second kappa shape index (κ2) is 3.84. The molecule has 1 heteroatoms. The van der Waals surface area contributed by atoms with Crippen molar-refractivity contribution in [2.45, 2.75) is 51.0 Å². The summed E-state index contributed by atoms with van der Waals surface area (Å²) in [5, 5.41) is 10.8. The van der Waals surface area contributed by atoms with E-state index < -0.39 is 5.60 Å². The third-order valence-corrected chi connectivity index (χ3v) is 4.83. The van der Waals surface area contributed by atoms with Gasteiger partial charge >= 0.3 is 0 Å². The Morgan fingerprint density at radius 3 is 2.06 bits per heavy atom. The quantitative estimate of drug-likeness (QED) is 0.819. The van der Waals surface area contributed by atoms with Crippen molar-refractivity contribution in [3.05, 3.63) is 35.4 Å². The molecule has 1 aromatic carbocycles. The predicted octanol–water partition coefficient (Wildman–Crippen LogP) is 3.82. The number of hydrogen-bond acceptors (Lipinski definition) is 1. The van der Waals surface area contributed by atoms with Gasteiger partial charge in [-0.25, -0.2) is 0 Å². The minimum atomic E-state index is -0.480. The van der Waals surface area contributed by atoms with Crippen molar-refractivity contribution in [1.29, 1.82) is 0 Å².